The molecule has 0 rings (SSSR count). The van der Waals surface area contributed by atoms with Crippen LogP contribution in [0.1, 0.15) is 168 Å². The number of allylic oxidation sites excluding steroid dienone is 6. The van der Waals surface area contributed by atoms with Crippen molar-refractivity contribution in [2.24, 2.45) is 5.92 Å². The van der Waals surface area contributed by atoms with E-state index in [0.717, 1.165) is 56.7 Å². The van der Waals surface area contributed by atoms with Crippen LogP contribution in [0.15, 0.2) is 36.5 Å². The fourth-order valence-corrected chi connectivity index (χ4v) is 5.40. The largest absolute Gasteiger partial charge is 0.462 e. The van der Waals surface area contributed by atoms with Gasteiger partial charge in [0.1, 0.15) is 6.10 Å². The number of unbranched alkanes of at least 4 members (excludes halogenated alkanes) is 12. The highest BCUT2D eigenvalue weighted by molar-refractivity contribution is 9.09. The molecule has 0 aromatic carbocycles. The van der Waals surface area contributed by atoms with Crippen molar-refractivity contribution in [2.45, 2.75) is 175 Å². The first kappa shape index (κ1) is 38.2. The van der Waals surface area contributed by atoms with E-state index in [-0.39, 0.29) is 12.1 Å². The van der Waals surface area contributed by atoms with E-state index in [2.05, 4.69) is 73.2 Å². The number of halogens is 1. The highest BCUT2D eigenvalue weighted by Crippen LogP contribution is 2.27. The average molecular weight is 610 g/mol. The van der Waals surface area contributed by atoms with Crippen molar-refractivity contribution in [2.75, 3.05) is 5.33 Å². The van der Waals surface area contributed by atoms with Crippen molar-refractivity contribution in [3.63, 3.8) is 0 Å². The van der Waals surface area contributed by atoms with E-state index in [1.807, 2.05) is 0 Å². The molecule has 228 valence electrons. The predicted molar refractivity (Wildman–Crippen MR) is 178 cm³/mol. The van der Waals surface area contributed by atoms with Crippen molar-refractivity contribution in [3.8, 4) is 0 Å². The Morgan fingerprint density at radius 1 is 0.564 bits per heavy atom. The van der Waals surface area contributed by atoms with Gasteiger partial charge < -0.3 is 4.74 Å². The molecule has 0 bridgehead atoms. The first-order valence-corrected chi connectivity index (χ1v) is 18.0. The lowest BCUT2D eigenvalue weighted by Gasteiger charge is -2.27. The molecule has 1 unspecified atom stereocenters. The second-order valence-electron chi connectivity index (χ2n) is 11.3. The Bertz CT molecular complexity index is 569. The van der Waals surface area contributed by atoms with Gasteiger partial charge in [0.25, 0.3) is 0 Å². The van der Waals surface area contributed by atoms with Gasteiger partial charge in [-0.2, -0.15) is 0 Å². The summed E-state index contributed by atoms with van der Waals surface area (Å²) in [6.45, 7) is 6.78. The Morgan fingerprint density at radius 2 is 1.00 bits per heavy atom. The van der Waals surface area contributed by atoms with Gasteiger partial charge in [-0.1, -0.05) is 112 Å². The standard InChI is InChI=1S/C36H65BrO2/c1-4-7-10-13-16-19-21-24-29-34(30-25-22-20-17-14-11-8-5-2)35(39-36(38)32-27-28-33-37)31-26-23-18-15-12-9-6-3/h16-20,23,34-35H,4-15,21-22,24-33H2,1-3H3. The summed E-state index contributed by atoms with van der Waals surface area (Å²) >= 11 is 3.48. The Labute approximate surface area is 253 Å². The fraction of sp³-hybridized carbons (Fsp3) is 0.806. The molecule has 0 spiro atoms. The molecule has 0 amide bonds. The van der Waals surface area contributed by atoms with Crippen LogP contribution in [-0.4, -0.2) is 17.4 Å². The minimum Gasteiger partial charge on any atom is -0.462 e. The molecule has 0 N–H and O–H groups in total. The Morgan fingerprint density at radius 3 is 1.44 bits per heavy atom. The third-order valence-electron chi connectivity index (χ3n) is 7.51. The molecule has 0 saturated heterocycles. The molecule has 0 aliphatic rings. The number of rotatable bonds is 29. The van der Waals surface area contributed by atoms with E-state index < -0.39 is 0 Å². The molecular formula is C36H65BrO2. The second-order valence-corrected chi connectivity index (χ2v) is 12.1. The van der Waals surface area contributed by atoms with Gasteiger partial charge in [-0.15, -0.1) is 0 Å². The lowest BCUT2D eigenvalue weighted by atomic mass is 9.88. The SMILES string of the molecule is CCCCCC=CCCCC(CCCC=CCCCCC)C(CCC=CCCCCC)OC(=O)CCCCBr. The first-order valence-electron chi connectivity index (χ1n) is 16.9. The normalized spacial score (nSPS) is 13.6. The highest BCUT2D eigenvalue weighted by atomic mass is 79.9. The van der Waals surface area contributed by atoms with Crippen LogP contribution in [0.2, 0.25) is 0 Å². The molecule has 0 aromatic rings. The molecule has 0 aliphatic heterocycles. The van der Waals surface area contributed by atoms with Gasteiger partial charge >= 0.3 is 5.97 Å². The van der Waals surface area contributed by atoms with Gasteiger partial charge in [0, 0.05) is 11.8 Å². The summed E-state index contributed by atoms with van der Waals surface area (Å²) in [4.78, 5) is 12.8. The number of alkyl halides is 1. The maximum Gasteiger partial charge on any atom is 0.306 e. The van der Waals surface area contributed by atoms with E-state index in [0.29, 0.717) is 12.3 Å². The Hall–Kier alpha value is -0.830. The monoisotopic (exact) mass is 608 g/mol. The fourth-order valence-electron chi connectivity index (χ4n) is 5.00. The molecule has 0 radical (unpaired) electrons. The molecule has 0 aliphatic carbocycles. The van der Waals surface area contributed by atoms with Gasteiger partial charge in [-0.05, 0) is 109 Å². The number of carbonyl (C=O) groups excluding carboxylic acids is 1. The first-order chi connectivity index (χ1) is 19.2. The minimum atomic E-state index is 0.00418. The summed E-state index contributed by atoms with van der Waals surface area (Å²) in [6, 6.07) is 0. The molecule has 1 atom stereocenters. The van der Waals surface area contributed by atoms with Crippen LogP contribution in [0, 0.1) is 5.92 Å². The van der Waals surface area contributed by atoms with Crippen molar-refractivity contribution in [1.82, 2.24) is 0 Å². The highest BCUT2D eigenvalue weighted by Gasteiger charge is 2.24. The van der Waals surface area contributed by atoms with Crippen LogP contribution in [0.3, 0.4) is 0 Å². The third kappa shape index (κ3) is 27.1. The van der Waals surface area contributed by atoms with Gasteiger partial charge in [-0.3, -0.25) is 4.79 Å². The van der Waals surface area contributed by atoms with E-state index in [4.69, 9.17) is 4.74 Å². The summed E-state index contributed by atoms with van der Waals surface area (Å²) in [6.07, 6.45) is 40.9. The summed E-state index contributed by atoms with van der Waals surface area (Å²) in [5.41, 5.74) is 0. The van der Waals surface area contributed by atoms with Crippen LogP contribution in [0.5, 0.6) is 0 Å². The zero-order valence-electron chi connectivity index (χ0n) is 26.3. The maximum atomic E-state index is 12.8. The van der Waals surface area contributed by atoms with Crippen molar-refractivity contribution < 1.29 is 9.53 Å². The molecule has 0 saturated carbocycles. The Kier molecular flexibility index (Phi) is 31.0. The van der Waals surface area contributed by atoms with Crippen molar-refractivity contribution >= 4 is 21.9 Å². The molecule has 0 heterocycles. The van der Waals surface area contributed by atoms with E-state index in [1.54, 1.807) is 0 Å². The summed E-state index contributed by atoms with van der Waals surface area (Å²) in [5.74, 6) is 0.463. The number of ether oxygens (including phenoxy) is 1. The number of carbonyl (C=O) groups is 1. The van der Waals surface area contributed by atoms with Crippen LogP contribution in [0.25, 0.3) is 0 Å². The smallest absolute Gasteiger partial charge is 0.306 e. The lowest BCUT2D eigenvalue weighted by Crippen LogP contribution is -2.27. The molecule has 0 aromatic heterocycles. The quantitative estimate of drug-likeness (QED) is 0.0365. The van der Waals surface area contributed by atoms with Crippen LogP contribution < -0.4 is 0 Å². The van der Waals surface area contributed by atoms with Gasteiger partial charge in [0.15, 0.2) is 0 Å². The average Bonchev–Trinajstić information content (AvgIpc) is 2.93. The zero-order chi connectivity index (χ0) is 28.7. The van der Waals surface area contributed by atoms with Gasteiger partial charge in [-0.25, -0.2) is 0 Å². The molecule has 39 heavy (non-hydrogen) atoms. The van der Waals surface area contributed by atoms with Crippen LogP contribution >= 0.6 is 15.9 Å². The van der Waals surface area contributed by atoms with Gasteiger partial charge in [0.05, 0.1) is 0 Å². The minimum absolute atomic E-state index is 0.00418. The maximum absolute atomic E-state index is 12.8. The molecule has 3 heteroatoms. The van der Waals surface area contributed by atoms with Crippen molar-refractivity contribution in [1.29, 1.82) is 0 Å². The van der Waals surface area contributed by atoms with Crippen molar-refractivity contribution in [3.05, 3.63) is 36.5 Å². The lowest BCUT2D eigenvalue weighted by molar-refractivity contribution is -0.152. The predicted octanol–water partition coefficient (Wildman–Crippen LogP) is 12.6. The molecule has 0 fully saturated rings. The molecule has 2 nitrogen and oxygen atoms in total. The van der Waals surface area contributed by atoms with E-state index in [9.17, 15) is 4.79 Å². The zero-order valence-corrected chi connectivity index (χ0v) is 27.9. The topological polar surface area (TPSA) is 26.3 Å². The molecular weight excluding hydrogens is 544 g/mol. The van der Waals surface area contributed by atoms with Gasteiger partial charge in [0.2, 0.25) is 0 Å². The number of hydrogen-bond donors (Lipinski definition) is 0. The number of esters is 1. The van der Waals surface area contributed by atoms with Crippen LogP contribution in [-0.2, 0) is 9.53 Å². The summed E-state index contributed by atoms with van der Waals surface area (Å²) < 4.78 is 6.23. The third-order valence-corrected chi connectivity index (χ3v) is 8.07. The Balaban J connectivity index is 5.06. The van der Waals surface area contributed by atoms with E-state index >= 15 is 0 Å². The summed E-state index contributed by atoms with van der Waals surface area (Å²) in [7, 11) is 0. The summed E-state index contributed by atoms with van der Waals surface area (Å²) in [5, 5.41) is 0.951. The second kappa shape index (κ2) is 31.7. The van der Waals surface area contributed by atoms with E-state index in [1.165, 1.54) is 89.9 Å². The van der Waals surface area contributed by atoms with Crippen LogP contribution in [0.4, 0.5) is 0 Å². The number of hydrogen-bond acceptors (Lipinski definition) is 2.